The molecule has 1 amide bonds. The van der Waals surface area contributed by atoms with E-state index in [2.05, 4.69) is 25.5 Å². The summed E-state index contributed by atoms with van der Waals surface area (Å²) in [6.45, 7) is 5.07. The molecule has 1 aliphatic rings. The summed E-state index contributed by atoms with van der Waals surface area (Å²) in [6, 6.07) is 0. The molecular weight excluding hydrogens is 315 g/mol. The molecule has 130 valence electrons. The van der Waals surface area contributed by atoms with Crippen molar-refractivity contribution in [3.8, 4) is 0 Å². The highest BCUT2D eigenvalue weighted by Gasteiger charge is 2.45. The molecule has 0 radical (unpaired) electrons. The van der Waals surface area contributed by atoms with E-state index in [-0.39, 0.29) is 12.5 Å². The molecule has 0 bridgehead atoms. The van der Waals surface area contributed by atoms with Crippen LogP contribution in [0, 0.1) is 6.92 Å². The van der Waals surface area contributed by atoms with Crippen molar-refractivity contribution in [1.29, 1.82) is 0 Å². The second-order valence-electron chi connectivity index (χ2n) is 6.17. The lowest BCUT2D eigenvalue weighted by Crippen LogP contribution is -2.47. The van der Waals surface area contributed by atoms with Gasteiger partial charge in [-0.1, -0.05) is 5.16 Å². The number of aryl methyl sites for hydroxylation is 2. The Labute approximate surface area is 139 Å². The molecule has 1 aliphatic heterocycles. The summed E-state index contributed by atoms with van der Waals surface area (Å²) < 4.78 is 19.3. The summed E-state index contributed by atoms with van der Waals surface area (Å²) in [5.41, 5.74) is 0.339. The zero-order valence-corrected chi connectivity index (χ0v) is 13.8. The first kappa shape index (κ1) is 16.6. The van der Waals surface area contributed by atoms with Gasteiger partial charge in [0.1, 0.15) is 12.2 Å². The third-order valence-electron chi connectivity index (χ3n) is 4.11. The van der Waals surface area contributed by atoms with Gasteiger partial charge in [-0.15, -0.1) is 0 Å². The van der Waals surface area contributed by atoms with Gasteiger partial charge in [0, 0.05) is 38.3 Å². The maximum Gasteiger partial charge on any atom is 0.253 e. The van der Waals surface area contributed by atoms with Crippen molar-refractivity contribution in [2.45, 2.75) is 38.9 Å². The molecule has 1 fully saturated rings. The van der Waals surface area contributed by atoms with E-state index < -0.39 is 12.2 Å². The van der Waals surface area contributed by atoms with Gasteiger partial charge in [0.15, 0.2) is 5.82 Å². The third-order valence-corrected chi connectivity index (χ3v) is 4.11. The number of hydrogen-bond acceptors (Lipinski definition) is 6. The van der Waals surface area contributed by atoms with Crippen LogP contribution < -0.4 is 5.32 Å². The monoisotopic (exact) mass is 336 g/mol. The maximum atomic E-state index is 12.4. The fraction of sp³-hybridized carbons (Fsp3) is 0.600. The van der Waals surface area contributed by atoms with Gasteiger partial charge < -0.3 is 9.84 Å². The fourth-order valence-corrected chi connectivity index (χ4v) is 3.14. The third kappa shape index (κ3) is 3.45. The van der Waals surface area contributed by atoms with E-state index in [0.717, 1.165) is 12.1 Å². The quantitative estimate of drug-likeness (QED) is 0.839. The molecule has 3 heterocycles. The number of rotatable bonds is 6. The average Bonchev–Trinajstić information content (AvgIpc) is 3.21. The van der Waals surface area contributed by atoms with E-state index >= 15 is 0 Å². The molecule has 0 aliphatic carbocycles. The highest BCUT2D eigenvalue weighted by Crippen LogP contribution is 2.32. The first-order chi connectivity index (χ1) is 11.5. The highest BCUT2D eigenvalue weighted by molar-refractivity contribution is 5.74. The number of amides is 1. The average molecular weight is 336 g/mol. The van der Waals surface area contributed by atoms with Crippen molar-refractivity contribution < 1.29 is 13.7 Å². The van der Waals surface area contributed by atoms with Crippen molar-refractivity contribution >= 4 is 5.91 Å². The van der Waals surface area contributed by atoms with Crippen LogP contribution in [-0.4, -0.2) is 50.5 Å². The van der Waals surface area contributed by atoms with Gasteiger partial charge in [-0.25, -0.2) is 4.39 Å². The Morgan fingerprint density at radius 3 is 3.04 bits per heavy atom. The Morgan fingerprint density at radius 2 is 2.38 bits per heavy atom. The summed E-state index contributed by atoms with van der Waals surface area (Å²) in [5, 5.41) is 11.0. The van der Waals surface area contributed by atoms with E-state index in [9.17, 15) is 9.18 Å². The second kappa shape index (κ2) is 6.68. The van der Waals surface area contributed by atoms with Gasteiger partial charge in [0.05, 0.1) is 12.7 Å². The van der Waals surface area contributed by atoms with E-state index in [1.807, 2.05) is 6.20 Å². The highest BCUT2D eigenvalue weighted by atomic mass is 19.1. The predicted octanol–water partition coefficient (Wildman–Crippen LogP) is 0.781. The molecule has 3 rings (SSSR count). The Hall–Kier alpha value is -2.29. The van der Waals surface area contributed by atoms with Crippen LogP contribution in [0.15, 0.2) is 16.9 Å². The van der Waals surface area contributed by atoms with Gasteiger partial charge in [0.2, 0.25) is 5.91 Å². The topological polar surface area (TPSA) is 89.1 Å². The molecule has 1 atom stereocenters. The summed E-state index contributed by atoms with van der Waals surface area (Å²) in [7, 11) is 0. The Balaban J connectivity index is 1.73. The van der Waals surface area contributed by atoms with Crippen LogP contribution in [0.1, 0.15) is 30.6 Å². The fourth-order valence-electron chi connectivity index (χ4n) is 3.14. The number of halogens is 1. The first-order valence-electron chi connectivity index (χ1n) is 7.90. The lowest BCUT2D eigenvalue weighted by molar-refractivity contribution is -0.121. The van der Waals surface area contributed by atoms with Gasteiger partial charge in [-0.2, -0.15) is 10.1 Å². The van der Waals surface area contributed by atoms with Gasteiger partial charge in [0.25, 0.3) is 5.89 Å². The second-order valence-corrected chi connectivity index (χ2v) is 6.17. The summed E-state index contributed by atoms with van der Waals surface area (Å²) in [6.07, 6.45) is 4.27. The normalized spacial score (nSPS) is 21.3. The van der Waals surface area contributed by atoms with Crippen LogP contribution in [0.25, 0.3) is 0 Å². The zero-order chi connectivity index (χ0) is 17.2. The minimum absolute atomic E-state index is 0.136. The zero-order valence-electron chi connectivity index (χ0n) is 13.8. The Kier molecular flexibility index (Phi) is 4.61. The number of carbonyl (C=O) groups excluding carboxylic acids is 1. The van der Waals surface area contributed by atoms with Crippen molar-refractivity contribution in [2.24, 2.45) is 0 Å². The van der Waals surface area contributed by atoms with Crippen molar-refractivity contribution in [3.63, 3.8) is 0 Å². The SMILES string of the molecule is CC(=O)NC1(c2nc(C)no2)CCN(Cc2cnn(CCF)c2)C1. The van der Waals surface area contributed by atoms with Crippen molar-refractivity contribution in [2.75, 3.05) is 19.8 Å². The molecule has 0 saturated carbocycles. The van der Waals surface area contributed by atoms with E-state index in [1.54, 1.807) is 17.8 Å². The molecule has 0 spiro atoms. The van der Waals surface area contributed by atoms with Gasteiger partial charge in [-0.05, 0) is 13.3 Å². The maximum absolute atomic E-state index is 12.4. The molecule has 2 aromatic rings. The van der Waals surface area contributed by atoms with Crippen LogP contribution in [-0.2, 0) is 23.4 Å². The van der Waals surface area contributed by atoms with Crippen LogP contribution in [0.3, 0.4) is 0 Å². The van der Waals surface area contributed by atoms with Gasteiger partial charge in [-0.3, -0.25) is 14.4 Å². The molecule has 1 saturated heterocycles. The summed E-state index contributed by atoms with van der Waals surface area (Å²) in [5.74, 6) is 0.843. The lowest BCUT2D eigenvalue weighted by atomic mass is 9.98. The van der Waals surface area contributed by atoms with Crippen LogP contribution in [0.2, 0.25) is 0 Å². The molecule has 1 unspecified atom stereocenters. The number of carbonyl (C=O) groups is 1. The molecule has 9 heteroatoms. The molecule has 8 nitrogen and oxygen atoms in total. The number of hydrogen-bond donors (Lipinski definition) is 1. The molecule has 24 heavy (non-hydrogen) atoms. The molecule has 1 N–H and O–H groups in total. The predicted molar refractivity (Wildman–Crippen MR) is 82.6 cm³/mol. The smallest absolute Gasteiger partial charge is 0.253 e. The molecule has 2 aromatic heterocycles. The number of aromatic nitrogens is 4. The standard InChI is InChI=1S/C15H21FN6O2/c1-11-18-14(24-20-11)15(19-12(2)23)3-5-21(10-15)8-13-7-17-22(9-13)6-4-16/h7,9H,3-6,8,10H2,1-2H3,(H,19,23). The van der Waals surface area contributed by atoms with E-state index in [4.69, 9.17) is 4.52 Å². The molecule has 0 aromatic carbocycles. The lowest BCUT2D eigenvalue weighted by Gasteiger charge is -2.26. The van der Waals surface area contributed by atoms with Gasteiger partial charge >= 0.3 is 0 Å². The Morgan fingerprint density at radius 1 is 1.54 bits per heavy atom. The molecular formula is C15H21FN6O2. The largest absolute Gasteiger partial charge is 0.341 e. The van der Waals surface area contributed by atoms with Crippen molar-refractivity contribution in [3.05, 3.63) is 29.7 Å². The van der Waals surface area contributed by atoms with E-state index in [0.29, 0.717) is 31.2 Å². The summed E-state index contributed by atoms with van der Waals surface area (Å²) >= 11 is 0. The van der Waals surface area contributed by atoms with Crippen LogP contribution >= 0.6 is 0 Å². The van der Waals surface area contributed by atoms with Crippen LogP contribution in [0.4, 0.5) is 4.39 Å². The minimum atomic E-state index is -0.665. The number of likely N-dealkylation sites (tertiary alicyclic amines) is 1. The Bertz CT molecular complexity index is 714. The van der Waals surface area contributed by atoms with E-state index in [1.165, 1.54) is 6.92 Å². The number of nitrogens with zero attached hydrogens (tertiary/aromatic N) is 5. The number of alkyl halides is 1. The minimum Gasteiger partial charge on any atom is -0.341 e. The van der Waals surface area contributed by atoms with Crippen LogP contribution in [0.5, 0.6) is 0 Å². The number of nitrogens with one attached hydrogen (secondary N) is 1. The first-order valence-corrected chi connectivity index (χ1v) is 7.90. The summed E-state index contributed by atoms with van der Waals surface area (Å²) in [4.78, 5) is 18.2. The van der Waals surface area contributed by atoms with Crippen molar-refractivity contribution in [1.82, 2.24) is 30.1 Å².